The normalized spacial score (nSPS) is 11.2. The topological polar surface area (TPSA) is 81.1 Å². The SMILES string of the molecule is Cn1cc(-c2cc(Oc3cccc(NC(=O)Nc4ccc(Br)c(C(F)(F)F)c4)c3)ccn2)cn1. The summed E-state index contributed by atoms with van der Waals surface area (Å²) in [6.07, 6.45) is 0.583. The lowest BCUT2D eigenvalue weighted by atomic mass is 10.2. The minimum absolute atomic E-state index is 0.000135. The molecule has 4 rings (SSSR count). The lowest BCUT2D eigenvalue weighted by Gasteiger charge is -2.13. The molecule has 0 saturated heterocycles. The number of alkyl halides is 3. The Hall–Kier alpha value is -3.86. The van der Waals surface area contributed by atoms with Crippen molar-refractivity contribution >= 4 is 33.3 Å². The lowest BCUT2D eigenvalue weighted by Crippen LogP contribution is -2.20. The standard InChI is InChI=1S/C23H17BrF3N5O2/c1-32-13-14(12-29-32)21-11-18(7-8-28-21)34-17-4-2-3-15(9-17)30-22(33)31-16-5-6-20(24)19(10-16)23(25,26)27/h2-13H,1H3,(H2,30,31,33). The first kappa shape index (κ1) is 23.3. The number of rotatable bonds is 5. The van der Waals surface area contributed by atoms with Crippen molar-refractivity contribution in [3.63, 3.8) is 0 Å². The number of carbonyl (C=O) groups is 1. The Kier molecular flexibility index (Phi) is 6.55. The average molecular weight is 532 g/mol. The Bertz CT molecular complexity index is 1340. The van der Waals surface area contributed by atoms with Gasteiger partial charge >= 0.3 is 12.2 Å². The summed E-state index contributed by atoms with van der Waals surface area (Å²) >= 11 is 2.87. The largest absolute Gasteiger partial charge is 0.457 e. The molecular formula is C23H17BrF3N5O2. The van der Waals surface area contributed by atoms with Gasteiger partial charge in [-0.1, -0.05) is 22.0 Å². The molecule has 7 nitrogen and oxygen atoms in total. The van der Waals surface area contributed by atoms with E-state index >= 15 is 0 Å². The maximum Gasteiger partial charge on any atom is 0.417 e. The minimum atomic E-state index is -4.55. The second kappa shape index (κ2) is 9.56. The Balaban J connectivity index is 1.44. The molecule has 0 bridgehead atoms. The number of hydrogen-bond donors (Lipinski definition) is 2. The predicted octanol–water partition coefficient (Wildman–Crippen LogP) is 6.70. The van der Waals surface area contributed by atoms with Gasteiger partial charge in [-0.2, -0.15) is 18.3 Å². The van der Waals surface area contributed by atoms with Gasteiger partial charge in [-0.05, 0) is 36.4 Å². The Morgan fingerprint density at radius 1 is 1.03 bits per heavy atom. The van der Waals surface area contributed by atoms with Crippen molar-refractivity contribution in [3.05, 3.63) is 83.2 Å². The number of aryl methyl sites for hydroxylation is 1. The van der Waals surface area contributed by atoms with E-state index in [1.165, 1.54) is 12.1 Å². The summed E-state index contributed by atoms with van der Waals surface area (Å²) in [4.78, 5) is 16.6. The van der Waals surface area contributed by atoms with E-state index in [1.807, 2.05) is 13.2 Å². The number of amides is 2. The number of nitrogens with one attached hydrogen (secondary N) is 2. The number of halogens is 4. The van der Waals surface area contributed by atoms with Crippen LogP contribution in [0, 0.1) is 0 Å². The molecule has 2 amide bonds. The lowest BCUT2D eigenvalue weighted by molar-refractivity contribution is -0.138. The number of benzene rings is 2. The van der Waals surface area contributed by atoms with Crippen molar-refractivity contribution in [2.24, 2.45) is 7.05 Å². The molecule has 2 aromatic heterocycles. The Morgan fingerprint density at radius 2 is 1.76 bits per heavy atom. The van der Waals surface area contributed by atoms with Gasteiger partial charge in [0.2, 0.25) is 0 Å². The van der Waals surface area contributed by atoms with Crippen molar-refractivity contribution in [2.75, 3.05) is 10.6 Å². The highest BCUT2D eigenvalue weighted by Crippen LogP contribution is 2.36. The van der Waals surface area contributed by atoms with Gasteiger partial charge in [0.15, 0.2) is 0 Å². The highest BCUT2D eigenvalue weighted by Gasteiger charge is 2.33. The number of anilines is 2. The smallest absolute Gasteiger partial charge is 0.417 e. The summed E-state index contributed by atoms with van der Waals surface area (Å²) in [5, 5.41) is 9.11. The summed E-state index contributed by atoms with van der Waals surface area (Å²) in [6, 6.07) is 12.8. The van der Waals surface area contributed by atoms with Gasteiger partial charge in [0, 0.05) is 53.0 Å². The van der Waals surface area contributed by atoms with E-state index in [0.717, 1.165) is 11.6 Å². The molecular weight excluding hydrogens is 515 g/mol. The van der Waals surface area contributed by atoms with E-state index in [0.29, 0.717) is 22.9 Å². The molecule has 0 aliphatic heterocycles. The van der Waals surface area contributed by atoms with Crippen LogP contribution in [0.2, 0.25) is 0 Å². The van der Waals surface area contributed by atoms with Gasteiger partial charge in [0.1, 0.15) is 11.5 Å². The van der Waals surface area contributed by atoms with Gasteiger partial charge in [-0.25, -0.2) is 4.79 Å². The number of nitrogens with zero attached hydrogens (tertiary/aromatic N) is 3. The van der Waals surface area contributed by atoms with E-state index < -0.39 is 17.8 Å². The van der Waals surface area contributed by atoms with Crippen molar-refractivity contribution < 1.29 is 22.7 Å². The van der Waals surface area contributed by atoms with Crippen LogP contribution < -0.4 is 15.4 Å². The average Bonchev–Trinajstić information content (AvgIpc) is 3.21. The van der Waals surface area contributed by atoms with Crippen LogP contribution in [0.1, 0.15) is 5.56 Å². The summed E-state index contributed by atoms with van der Waals surface area (Å²) in [5.74, 6) is 0.981. The molecule has 34 heavy (non-hydrogen) atoms. The first-order valence-corrected chi connectivity index (χ1v) is 10.6. The van der Waals surface area contributed by atoms with E-state index in [4.69, 9.17) is 4.74 Å². The molecule has 4 aromatic rings. The summed E-state index contributed by atoms with van der Waals surface area (Å²) < 4.78 is 46.7. The van der Waals surface area contributed by atoms with Crippen LogP contribution in [-0.4, -0.2) is 20.8 Å². The molecule has 2 aromatic carbocycles. The molecule has 11 heteroatoms. The van der Waals surface area contributed by atoms with Crippen LogP contribution in [0.5, 0.6) is 11.5 Å². The Labute approximate surface area is 200 Å². The van der Waals surface area contributed by atoms with Gasteiger partial charge in [-0.3, -0.25) is 9.67 Å². The zero-order chi connectivity index (χ0) is 24.3. The maximum absolute atomic E-state index is 13.1. The third-order valence-electron chi connectivity index (χ3n) is 4.59. The summed E-state index contributed by atoms with van der Waals surface area (Å²) in [6.45, 7) is 0. The van der Waals surface area contributed by atoms with Gasteiger partial charge in [0.05, 0.1) is 17.5 Å². The third kappa shape index (κ3) is 5.73. The van der Waals surface area contributed by atoms with Crippen LogP contribution in [-0.2, 0) is 13.2 Å². The molecule has 2 heterocycles. The van der Waals surface area contributed by atoms with E-state index in [2.05, 4.69) is 36.6 Å². The quantitative estimate of drug-likeness (QED) is 0.300. The number of ether oxygens (including phenoxy) is 1. The number of carbonyl (C=O) groups excluding carboxylic acids is 1. The predicted molar refractivity (Wildman–Crippen MR) is 125 cm³/mol. The fourth-order valence-corrected chi connectivity index (χ4v) is 3.54. The fraction of sp³-hybridized carbons (Fsp3) is 0.0870. The van der Waals surface area contributed by atoms with Crippen LogP contribution in [0.3, 0.4) is 0 Å². The molecule has 0 spiro atoms. The fourth-order valence-electron chi connectivity index (χ4n) is 3.07. The zero-order valence-corrected chi connectivity index (χ0v) is 19.2. The highest BCUT2D eigenvalue weighted by atomic mass is 79.9. The van der Waals surface area contributed by atoms with Gasteiger partial charge < -0.3 is 15.4 Å². The molecule has 0 saturated carbocycles. The number of aromatic nitrogens is 3. The van der Waals surface area contributed by atoms with Gasteiger partial charge in [-0.15, -0.1) is 0 Å². The molecule has 0 radical (unpaired) electrons. The first-order chi connectivity index (χ1) is 16.2. The van der Waals surface area contributed by atoms with Crippen molar-refractivity contribution in [2.45, 2.75) is 6.18 Å². The number of pyridine rings is 1. The monoisotopic (exact) mass is 531 g/mol. The Morgan fingerprint density at radius 3 is 2.47 bits per heavy atom. The number of urea groups is 1. The summed E-state index contributed by atoms with van der Waals surface area (Å²) in [7, 11) is 1.81. The minimum Gasteiger partial charge on any atom is -0.457 e. The van der Waals surface area contributed by atoms with Crippen LogP contribution in [0.15, 0.2) is 77.7 Å². The molecule has 2 N–H and O–H groups in total. The highest BCUT2D eigenvalue weighted by molar-refractivity contribution is 9.10. The molecule has 0 aliphatic rings. The van der Waals surface area contributed by atoms with E-state index in [9.17, 15) is 18.0 Å². The molecule has 174 valence electrons. The summed E-state index contributed by atoms with van der Waals surface area (Å²) in [5.41, 5.74) is 1.03. The molecule has 0 unspecified atom stereocenters. The maximum atomic E-state index is 13.1. The van der Waals surface area contributed by atoms with Crippen LogP contribution in [0.4, 0.5) is 29.3 Å². The number of hydrogen-bond acceptors (Lipinski definition) is 4. The van der Waals surface area contributed by atoms with Crippen molar-refractivity contribution in [3.8, 4) is 22.8 Å². The van der Waals surface area contributed by atoms with E-state index in [1.54, 1.807) is 53.5 Å². The molecule has 0 atom stereocenters. The first-order valence-electron chi connectivity index (χ1n) is 9.85. The van der Waals surface area contributed by atoms with Crippen LogP contribution in [0.25, 0.3) is 11.3 Å². The molecule has 0 aliphatic carbocycles. The molecule has 0 fully saturated rings. The second-order valence-corrected chi connectivity index (χ2v) is 8.04. The zero-order valence-electron chi connectivity index (χ0n) is 17.6. The van der Waals surface area contributed by atoms with E-state index in [-0.39, 0.29) is 10.2 Å². The van der Waals surface area contributed by atoms with Crippen molar-refractivity contribution in [1.82, 2.24) is 14.8 Å². The van der Waals surface area contributed by atoms with Crippen molar-refractivity contribution in [1.29, 1.82) is 0 Å². The van der Waals surface area contributed by atoms with Gasteiger partial charge in [0.25, 0.3) is 0 Å². The second-order valence-electron chi connectivity index (χ2n) is 7.18. The third-order valence-corrected chi connectivity index (χ3v) is 5.28. The van der Waals surface area contributed by atoms with Crippen LogP contribution >= 0.6 is 15.9 Å².